The molecule has 1 aromatic heterocycles. The summed E-state index contributed by atoms with van der Waals surface area (Å²) in [6, 6.07) is 9.65. The van der Waals surface area contributed by atoms with Crippen LogP contribution in [0.15, 0.2) is 42.6 Å². The van der Waals surface area contributed by atoms with Crippen molar-refractivity contribution in [3.05, 3.63) is 48.2 Å². The van der Waals surface area contributed by atoms with Crippen LogP contribution in [0.2, 0.25) is 0 Å². The van der Waals surface area contributed by atoms with E-state index >= 15 is 0 Å². The summed E-state index contributed by atoms with van der Waals surface area (Å²) in [5.41, 5.74) is 6.93. The highest BCUT2D eigenvalue weighted by molar-refractivity contribution is 5.96. The predicted molar refractivity (Wildman–Crippen MR) is 91.5 cm³/mol. The van der Waals surface area contributed by atoms with Crippen molar-refractivity contribution in [2.45, 2.75) is 19.8 Å². The SMILES string of the molecule is CCCCN(CC(N)=O)C(=O)/C=C/c1cccc2cccnc12. The number of unbranched alkanes of at least 4 members (excludes halogenated alkanes) is 1. The minimum absolute atomic E-state index is 0.0586. The third-order valence-electron chi connectivity index (χ3n) is 3.51. The fraction of sp³-hybridized carbons (Fsp3) is 0.278. The van der Waals surface area contributed by atoms with Gasteiger partial charge in [0.25, 0.3) is 0 Å². The molecule has 0 aliphatic heterocycles. The summed E-state index contributed by atoms with van der Waals surface area (Å²) in [6.45, 7) is 2.50. The van der Waals surface area contributed by atoms with E-state index in [0.29, 0.717) is 6.54 Å². The average Bonchev–Trinajstić information content (AvgIpc) is 2.56. The Morgan fingerprint density at radius 2 is 2.04 bits per heavy atom. The number of carbonyl (C=O) groups is 2. The van der Waals surface area contributed by atoms with Gasteiger partial charge in [0.15, 0.2) is 0 Å². The van der Waals surface area contributed by atoms with Crippen molar-refractivity contribution >= 4 is 28.8 Å². The number of hydrogen-bond donors (Lipinski definition) is 1. The van der Waals surface area contributed by atoms with E-state index in [9.17, 15) is 9.59 Å². The number of nitrogens with zero attached hydrogens (tertiary/aromatic N) is 2. The van der Waals surface area contributed by atoms with E-state index in [2.05, 4.69) is 4.98 Å². The Morgan fingerprint density at radius 1 is 1.26 bits per heavy atom. The largest absolute Gasteiger partial charge is 0.368 e. The highest BCUT2D eigenvalue weighted by Gasteiger charge is 2.12. The van der Waals surface area contributed by atoms with Gasteiger partial charge in [-0.05, 0) is 18.6 Å². The maximum Gasteiger partial charge on any atom is 0.247 e. The number of pyridine rings is 1. The first-order chi connectivity index (χ1) is 11.1. The van der Waals surface area contributed by atoms with Crippen molar-refractivity contribution in [2.24, 2.45) is 5.73 Å². The van der Waals surface area contributed by atoms with Crippen LogP contribution in [0, 0.1) is 0 Å². The summed E-state index contributed by atoms with van der Waals surface area (Å²) in [5.74, 6) is -0.722. The molecular formula is C18H21N3O2. The smallest absolute Gasteiger partial charge is 0.247 e. The van der Waals surface area contributed by atoms with Crippen LogP contribution in [0.3, 0.4) is 0 Å². The van der Waals surface area contributed by atoms with Gasteiger partial charge in [0.1, 0.15) is 0 Å². The number of para-hydroxylation sites is 1. The van der Waals surface area contributed by atoms with Crippen LogP contribution in [0.4, 0.5) is 0 Å². The summed E-state index contributed by atoms with van der Waals surface area (Å²) in [7, 11) is 0. The number of rotatable bonds is 7. The van der Waals surface area contributed by atoms with E-state index in [1.54, 1.807) is 12.3 Å². The van der Waals surface area contributed by atoms with Crippen LogP contribution in [-0.4, -0.2) is 34.8 Å². The van der Waals surface area contributed by atoms with Gasteiger partial charge in [0.2, 0.25) is 11.8 Å². The van der Waals surface area contributed by atoms with Crippen LogP contribution >= 0.6 is 0 Å². The molecule has 0 spiro atoms. The number of nitrogens with two attached hydrogens (primary N) is 1. The Bertz CT molecular complexity index is 720. The maximum atomic E-state index is 12.3. The highest BCUT2D eigenvalue weighted by atomic mass is 16.2. The van der Waals surface area contributed by atoms with Crippen molar-refractivity contribution in [2.75, 3.05) is 13.1 Å². The molecule has 120 valence electrons. The molecular weight excluding hydrogens is 290 g/mol. The molecule has 0 aliphatic carbocycles. The van der Waals surface area contributed by atoms with Gasteiger partial charge in [-0.15, -0.1) is 0 Å². The van der Waals surface area contributed by atoms with Gasteiger partial charge in [-0.1, -0.05) is 37.6 Å². The minimum atomic E-state index is -0.505. The van der Waals surface area contributed by atoms with Gasteiger partial charge in [-0.2, -0.15) is 0 Å². The summed E-state index contributed by atoms with van der Waals surface area (Å²) in [4.78, 5) is 29.3. The van der Waals surface area contributed by atoms with Gasteiger partial charge in [0.05, 0.1) is 12.1 Å². The Balaban J connectivity index is 2.18. The van der Waals surface area contributed by atoms with Crippen LogP contribution < -0.4 is 5.73 Å². The number of fused-ring (bicyclic) bond motifs is 1. The van der Waals surface area contributed by atoms with E-state index < -0.39 is 5.91 Å². The number of aromatic nitrogens is 1. The molecule has 1 aromatic carbocycles. The normalized spacial score (nSPS) is 11.0. The summed E-state index contributed by atoms with van der Waals surface area (Å²) < 4.78 is 0. The van der Waals surface area contributed by atoms with Crippen molar-refractivity contribution in [1.29, 1.82) is 0 Å². The topological polar surface area (TPSA) is 76.3 Å². The summed E-state index contributed by atoms with van der Waals surface area (Å²) in [5, 5.41) is 1.02. The number of amides is 2. The van der Waals surface area contributed by atoms with E-state index in [0.717, 1.165) is 29.3 Å². The first kappa shape index (κ1) is 16.7. The molecule has 0 atom stereocenters. The Labute approximate surface area is 135 Å². The molecule has 2 aromatic rings. The van der Waals surface area contributed by atoms with Gasteiger partial charge in [0, 0.05) is 29.8 Å². The maximum absolute atomic E-state index is 12.3. The lowest BCUT2D eigenvalue weighted by Crippen LogP contribution is -2.38. The molecule has 1 heterocycles. The second-order valence-corrected chi connectivity index (χ2v) is 5.34. The molecule has 0 saturated heterocycles. The fourth-order valence-electron chi connectivity index (χ4n) is 2.33. The number of benzene rings is 1. The molecule has 23 heavy (non-hydrogen) atoms. The Hall–Kier alpha value is -2.69. The van der Waals surface area contributed by atoms with Crippen molar-refractivity contribution < 1.29 is 9.59 Å². The molecule has 5 nitrogen and oxygen atoms in total. The predicted octanol–water partition coefficient (Wildman–Crippen LogP) is 2.36. The lowest BCUT2D eigenvalue weighted by Gasteiger charge is -2.19. The molecule has 0 bridgehead atoms. The molecule has 5 heteroatoms. The average molecular weight is 311 g/mol. The highest BCUT2D eigenvalue weighted by Crippen LogP contribution is 2.17. The van der Waals surface area contributed by atoms with Crippen LogP contribution in [0.5, 0.6) is 0 Å². The monoisotopic (exact) mass is 311 g/mol. The van der Waals surface area contributed by atoms with Gasteiger partial charge < -0.3 is 10.6 Å². The lowest BCUT2D eigenvalue weighted by molar-refractivity contribution is -0.131. The molecule has 0 unspecified atom stereocenters. The second kappa shape index (κ2) is 8.08. The third-order valence-corrected chi connectivity index (χ3v) is 3.51. The lowest BCUT2D eigenvalue weighted by atomic mass is 10.1. The fourth-order valence-corrected chi connectivity index (χ4v) is 2.33. The Kier molecular flexibility index (Phi) is 5.86. The van der Waals surface area contributed by atoms with E-state index in [1.807, 2.05) is 37.3 Å². The molecule has 0 saturated carbocycles. The molecule has 2 amide bonds. The van der Waals surface area contributed by atoms with E-state index in [1.165, 1.54) is 11.0 Å². The number of hydrogen-bond acceptors (Lipinski definition) is 3. The standard InChI is InChI=1S/C18H21N3O2/c1-2-3-12-21(13-16(19)22)17(23)10-9-15-7-4-6-14-8-5-11-20-18(14)15/h4-11H,2-3,12-13H2,1H3,(H2,19,22)/b10-9+. The number of carbonyl (C=O) groups excluding carboxylic acids is 2. The molecule has 0 aliphatic rings. The zero-order valence-corrected chi connectivity index (χ0v) is 13.2. The summed E-state index contributed by atoms with van der Waals surface area (Å²) in [6.07, 6.45) is 6.71. The van der Waals surface area contributed by atoms with E-state index in [4.69, 9.17) is 5.73 Å². The van der Waals surface area contributed by atoms with Gasteiger partial charge in [-0.3, -0.25) is 14.6 Å². The zero-order valence-electron chi connectivity index (χ0n) is 13.2. The van der Waals surface area contributed by atoms with Gasteiger partial charge >= 0.3 is 0 Å². The van der Waals surface area contributed by atoms with Crippen LogP contribution in [0.1, 0.15) is 25.3 Å². The second-order valence-electron chi connectivity index (χ2n) is 5.34. The molecule has 0 radical (unpaired) electrons. The molecule has 2 N–H and O–H groups in total. The quantitative estimate of drug-likeness (QED) is 0.797. The van der Waals surface area contributed by atoms with Gasteiger partial charge in [-0.25, -0.2) is 0 Å². The first-order valence-electron chi connectivity index (χ1n) is 7.71. The Morgan fingerprint density at radius 3 is 2.78 bits per heavy atom. The van der Waals surface area contributed by atoms with Crippen LogP contribution in [-0.2, 0) is 9.59 Å². The zero-order chi connectivity index (χ0) is 16.7. The van der Waals surface area contributed by atoms with Crippen molar-refractivity contribution in [3.8, 4) is 0 Å². The number of primary amides is 1. The van der Waals surface area contributed by atoms with Crippen LogP contribution in [0.25, 0.3) is 17.0 Å². The minimum Gasteiger partial charge on any atom is -0.368 e. The molecule has 0 fully saturated rings. The van der Waals surface area contributed by atoms with E-state index in [-0.39, 0.29) is 12.5 Å². The van der Waals surface area contributed by atoms with Crippen molar-refractivity contribution in [1.82, 2.24) is 9.88 Å². The van der Waals surface area contributed by atoms with Crippen molar-refractivity contribution in [3.63, 3.8) is 0 Å². The third kappa shape index (κ3) is 4.64. The molecule has 2 rings (SSSR count). The summed E-state index contributed by atoms with van der Waals surface area (Å²) >= 11 is 0. The first-order valence-corrected chi connectivity index (χ1v) is 7.71.